The van der Waals surface area contributed by atoms with Gasteiger partial charge in [0, 0.05) is 29.4 Å². The average molecular weight is 381 g/mol. The van der Waals surface area contributed by atoms with Gasteiger partial charge in [0.05, 0.1) is 0 Å². The largest absolute Gasteiger partial charge is 0.340 e. The summed E-state index contributed by atoms with van der Waals surface area (Å²) in [5, 5.41) is 3.82. The predicted molar refractivity (Wildman–Crippen MR) is 108 cm³/mol. The van der Waals surface area contributed by atoms with Gasteiger partial charge in [-0.05, 0) is 43.7 Å². The van der Waals surface area contributed by atoms with Gasteiger partial charge in [-0.25, -0.2) is 9.97 Å². The molecular weight excluding hydrogens is 360 g/mol. The molecule has 0 saturated heterocycles. The number of carbonyl (C=O) groups is 1. The van der Waals surface area contributed by atoms with Crippen molar-refractivity contribution in [3.63, 3.8) is 0 Å². The fraction of sp³-hybridized carbons (Fsp3) is 0.190. The molecule has 27 heavy (non-hydrogen) atoms. The molecule has 1 aromatic heterocycles. The number of nitrogens with zero attached hydrogens (tertiary/aromatic N) is 3. The first kappa shape index (κ1) is 18.9. The number of hydrogen-bond donors (Lipinski definition) is 1. The van der Waals surface area contributed by atoms with Gasteiger partial charge in [-0.2, -0.15) is 0 Å². The Kier molecular flexibility index (Phi) is 6.04. The lowest BCUT2D eigenvalue weighted by Gasteiger charge is -2.26. The first-order valence-corrected chi connectivity index (χ1v) is 9.10. The molecule has 0 aliphatic carbocycles. The SMILES string of the molecule is CC(C)N(Cc1ccccc1)C(=O)c1cc(Nc2ccc(Cl)cc2)ncn1. The van der Waals surface area contributed by atoms with Crippen molar-refractivity contribution in [1.29, 1.82) is 0 Å². The highest BCUT2D eigenvalue weighted by molar-refractivity contribution is 6.30. The third-order valence-corrected chi connectivity index (χ3v) is 4.33. The molecule has 0 aliphatic rings. The zero-order valence-corrected chi connectivity index (χ0v) is 16.0. The van der Waals surface area contributed by atoms with E-state index in [-0.39, 0.29) is 11.9 Å². The van der Waals surface area contributed by atoms with E-state index in [4.69, 9.17) is 11.6 Å². The van der Waals surface area contributed by atoms with Crippen LogP contribution in [0.25, 0.3) is 0 Å². The summed E-state index contributed by atoms with van der Waals surface area (Å²) in [5.41, 5.74) is 2.26. The smallest absolute Gasteiger partial charge is 0.273 e. The molecule has 0 radical (unpaired) electrons. The predicted octanol–water partition coefficient (Wildman–Crippen LogP) is 4.92. The minimum Gasteiger partial charge on any atom is -0.340 e. The zero-order valence-electron chi connectivity index (χ0n) is 15.3. The van der Waals surface area contributed by atoms with Gasteiger partial charge < -0.3 is 10.2 Å². The summed E-state index contributed by atoms with van der Waals surface area (Å²) >= 11 is 5.91. The molecule has 1 N–H and O–H groups in total. The van der Waals surface area contributed by atoms with Crippen LogP contribution in [-0.4, -0.2) is 26.8 Å². The standard InChI is InChI=1S/C21H21ClN4O/c1-15(2)26(13-16-6-4-3-5-7-16)21(27)19-12-20(24-14-23-19)25-18-10-8-17(22)9-11-18/h3-12,14-15H,13H2,1-2H3,(H,23,24,25). The van der Waals surface area contributed by atoms with Crippen molar-refractivity contribution in [2.24, 2.45) is 0 Å². The molecule has 0 atom stereocenters. The molecule has 3 aromatic rings. The second kappa shape index (κ2) is 8.64. The summed E-state index contributed by atoms with van der Waals surface area (Å²) < 4.78 is 0. The first-order chi connectivity index (χ1) is 13.0. The van der Waals surface area contributed by atoms with Crippen LogP contribution in [0.1, 0.15) is 29.9 Å². The lowest BCUT2D eigenvalue weighted by atomic mass is 10.1. The summed E-state index contributed by atoms with van der Waals surface area (Å²) in [7, 11) is 0. The maximum atomic E-state index is 13.0. The molecular formula is C21H21ClN4O. The topological polar surface area (TPSA) is 58.1 Å². The van der Waals surface area contributed by atoms with Gasteiger partial charge in [0.2, 0.25) is 0 Å². The van der Waals surface area contributed by atoms with Gasteiger partial charge in [-0.3, -0.25) is 4.79 Å². The van der Waals surface area contributed by atoms with E-state index in [0.29, 0.717) is 23.1 Å². The summed E-state index contributed by atoms with van der Waals surface area (Å²) in [6.07, 6.45) is 1.40. The van der Waals surface area contributed by atoms with E-state index < -0.39 is 0 Å². The Morgan fingerprint density at radius 3 is 2.44 bits per heavy atom. The molecule has 0 unspecified atom stereocenters. The summed E-state index contributed by atoms with van der Waals surface area (Å²) in [4.78, 5) is 23.2. The number of hydrogen-bond acceptors (Lipinski definition) is 4. The Hall–Kier alpha value is -2.92. The number of anilines is 2. The molecule has 0 bridgehead atoms. The maximum Gasteiger partial charge on any atom is 0.273 e. The van der Waals surface area contributed by atoms with Crippen LogP contribution in [0, 0.1) is 0 Å². The summed E-state index contributed by atoms with van der Waals surface area (Å²) in [6, 6.07) is 18.9. The minimum absolute atomic E-state index is 0.0420. The van der Waals surface area contributed by atoms with E-state index in [2.05, 4.69) is 15.3 Å². The monoisotopic (exact) mass is 380 g/mol. The Morgan fingerprint density at radius 1 is 1.07 bits per heavy atom. The summed E-state index contributed by atoms with van der Waals surface area (Å²) in [6.45, 7) is 4.52. The third kappa shape index (κ3) is 5.05. The lowest BCUT2D eigenvalue weighted by Crippen LogP contribution is -2.36. The average Bonchev–Trinajstić information content (AvgIpc) is 2.68. The van der Waals surface area contributed by atoms with Crippen LogP contribution >= 0.6 is 11.6 Å². The second-order valence-corrected chi connectivity index (χ2v) is 6.87. The van der Waals surface area contributed by atoms with Gasteiger partial charge in [-0.15, -0.1) is 0 Å². The van der Waals surface area contributed by atoms with E-state index in [1.165, 1.54) is 6.33 Å². The molecule has 1 heterocycles. The van der Waals surface area contributed by atoms with E-state index in [9.17, 15) is 4.79 Å². The van der Waals surface area contributed by atoms with E-state index in [0.717, 1.165) is 11.3 Å². The molecule has 138 valence electrons. The van der Waals surface area contributed by atoms with Crippen LogP contribution in [-0.2, 0) is 6.54 Å². The Bertz CT molecular complexity index is 898. The van der Waals surface area contributed by atoms with Crippen molar-refractivity contribution in [2.75, 3.05) is 5.32 Å². The van der Waals surface area contributed by atoms with Crippen LogP contribution < -0.4 is 5.32 Å². The number of carbonyl (C=O) groups excluding carboxylic acids is 1. The molecule has 3 rings (SSSR count). The molecule has 2 aromatic carbocycles. The van der Waals surface area contributed by atoms with E-state index in [1.54, 1.807) is 23.1 Å². The van der Waals surface area contributed by atoms with Crippen LogP contribution in [0.5, 0.6) is 0 Å². The fourth-order valence-corrected chi connectivity index (χ4v) is 2.77. The van der Waals surface area contributed by atoms with Crippen molar-refractivity contribution in [3.05, 3.63) is 83.3 Å². The number of amides is 1. The van der Waals surface area contributed by atoms with Crippen LogP contribution in [0.2, 0.25) is 5.02 Å². The molecule has 0 fully saturated rings. The van der Waals surface area contributed by atoms with Gasteiger partial charge >= 0.3 is 0 Å². The maximum absolute atomic E-state index is 13.0. The normalized spacial score (nSPS) is 10.7. The minimum atomic E-state index is -0.129. The van der Waals surface area contributed by atoms with Crippen LogP contribution in [0.4, 0.5) is 11.5 Å². The third-order valence-electron chi connectivity index (χ3n) is 4.08. The highest BCUT2D eigenvalue weighted by atomic mass is 35.5. The van der Waals surface area contributed by atoms with E-state index >= 15 is 0 Å². The molecule has 0 spiro atoms. The molecule has 6 heteroatoms. The molecule has 0 saturated carbocycles. The van der Waals surface area contributed by atoms with Crippen molar-refractivity contribution >= 4 is 29.0 Å². The summed E-state index contributed by atoms with van der Waals surface area (Å²) in [5.74, 6) is 0.425. The Morgan fingerprint density at radius 2 is 1.78 bits per heavy atom. The van der Waals surface area contributed by atoms with Gasteiger partial charge in [0.25, 0.3) is 5.91 Å². The number of rotatable bonds is 6. The van der Waals surface area contributed by atoms with Crippen LogP contribution in [0.3, 0.4) is 0 Å². The van der Waals surface area contributed by atoms with Crippen molar-refractivity contribution in [3.8, 4) is 0 Å². The molecule has 5 nitrogen and oxygen atoms in total. The number of benzene rings is 2. The molecule has 1 amide bonds. The fourth-order valence-electron chi connectivity index (χ4n) is 2.64. The van der Waals surface area contributed by atoms with Crippen molar-refractivity contribution in [2.45, 2.75) is 26.4 Å². The highest BCUT2D eigenvalue weighted by Crippen LogP contribution is 2.19. The Balaban J connectivity index is 1.79. The van der Waals surface area contributed by atoms with E-state index in [1.807, 2.05) is 56.3 Å². The number of aromatic nitrogens is 2. The second-order valence-electron chi connectivity index (χ2n) is 6.43. The van der Waals surface area contributed by atoms with Gasteiger partial charge in [0.1, 0.15) is 17.8 Å². The lowest BCUT2D eigenvalue weighted by molar-refractivity contribution is 0.0684. The Labute approximate surface area is 164 Å². The van der Waals surface area contributed by atoms with Crippen molar-refractivity contribution < 1.29 is 4.79 Å². The van der Waals surface area contributed by atoms with Crippen molar-refractivity contribution in [1.82, 2.24) is 14.9 Å². The number of nitrogens with one attached hydrogen (secondary N) is 1. The highest BCUT2D eigenvalue weighted by Gasteiger charge is 2.20. The quantitative estimate of drug-likeness (QED) is 0.659. The van der Waals surface area contributed by atoms with Gasteiger partial charge in [0.15, 0.2) is 0 Å². The zero-order chi connectivity index (χ0) is 19.2. The van der Waals surface area contributed by atoms with Gasteiger partial charge in [-0.1, -0.05) is 41.9 Å². The first-order valence-electron chi connectivity index (χ1n) is 8.72. The number of halogens is 1. The van der Waals surface area contributed by atoms with Crippen LogP contribution in [0.15, 0.2) is 67.0 Å². The molecule has 0 aliphatic heterocycles.